The number of halogens is 1. The third kappa shape index (κ3) is 3.99. The van der Waals surface area contributed by atoms with Crippen LogP contribution < -0.4 is 10.5 Å². The first-order valence-corrected chi connectivity index (χ1v) is 9.64. The van der Waals surface area contributed by atoms with E-state index in [9.17, 15) is 8.42 Å². The van der Waals surface area contributed by atoms with Gasteiger partial charge in [-0.2, -0.15) is 0 Å². The van der Waals surface area contributed by atoms with E-state index in [-0.39, 0.29) is 4.90 Å². The summed E-state index contributed by atoms with van der Waals surface area (Å²) in [4.78, 5) is 0.262. The first kappa shape index (κ1) is 16.8. The van der Waals surface area contributed by atoms with Crippen LogP contribution in [0.1, 0.15) is 38.2 Å². The summed E-state index contributed by atoms with van der Waals surface area (Å²) in [6.45, 7) is 4.45. The largest absolute Gasteiger partial charge is 0.398 e. The van der Waals surface area contributed by atoms with Gasteiger partial charge >= 0.3 is 0 Å². The molecule has 0 aromatic heterocycles. The van der Waals surface area contributed by atoms with Crippen LogP contribution in [0.25, 0.3) is 0 Å². The highest BCUT2D eigenvalue weighted by atomic mass is 79.9. The number of nitrogens with one attached hydrogen (secondary N) is 1. The van der Waals surface area contributed by atoms with Crippen molar-refractivity contribution in [1.82, 2.24) is 4.72 Å². The second-order valence-corrected chi connectivity index (χ2v) is 8.64. The van der Waals surface area contributed by atoms with Crippen LogP contribution in [0, 0.1) is 18.8 Å². The maximum Gasteiger partial charge on any atom is 0.240 e. The van der Waals surface area contributed by atoms with Crippen molar-refractivity contribution in [2.75, 3.05) is 12.3 Å². The molecule has 4 nitrogen and oxygen atoms in total. The number of nitrogens with two attached hydrogens (primary N) is 1. The Bertz CT molecular complexity index is 616. The quantitative estimate of drug-likeness (QED) is 0.792. The van der Waals surface area contributed by atoms with Crippen molar-refractivity contribution in [2.24, 2.45) is 11.8 Å². The van der Waals surface area contributed by atoms with Crippen LogP contribution in [0.5, 0.6) is 0 Å². The Morgan fingerprint density at radius 1 is 1.33 bits per heavy atom. The van der Waals surface area contributed by atoms with E-state index in [1.54, 1.807) is 19.1 Å². The molecule has 3 N–H and O–H groups in total. The number of benzene rings is 1. The lowest BCUT2D eigenvalue weighted by Gasteiger charge is -2.28. The zero-order chi connectivity index (χ0) is 15.6. The van der Waals surface area contributed by atoms with Crippen molar-refractivity contribution in [3.8, 4) is 0 Å². The number of hydrogen-bond acceptors (Lipinski definition) is 3. The monoisotopic (exact) mass is 374 g/mol. The van der Waals surface area contributed by atoms with Crippen molar-refractivity contribution in [2.45, 2.75) is 44.4 Å². The smallest absolute Gasteiger partial charge is 0.240 e. The van der Waals surface area contributed by atoms with E-state index < -0.39 is 10.0 Å². The normalized spacial score (nSPS) is 23.2. The van der Waals surface area contributed by atoms with Crippen molar-refractivity contribution < 1.29 is 8.42 Å². The maximum atomic E-state index is 12.5. The molecule has 2 atom stereocenters. The molecule has 0 aliphatic heterocycles. The topological polar surface area (TPSA) is 72.2 Å². The minimum Gasteiger partial charge on any atom is -0.398 e. The summed E-state index contributed by atoms with van der Waals surface area (Å²) in [6, 6.07) is 3.33. The van der Waals surface area contributed by atoms with E-state index >= 15 is 0 Å². The zero-order valence-corrected chi connectivity index (χ0v) is 14.9. The number of nitrogen functional groups attached to an aromatic ring is 1. The molecule has 2 unspecified atom stereocenters. The van der Waals surface area contributed by atoms with Gasteiger partial charge < -0.3 is 5.73 Å². The first-order chi connectivity index (χ1) is 9.81. The lowest BCUT2D eigenvalue weighted by molar-refractivity contribution is 0.257. The molecule has 0 amide bonds. The van der Waals surface area contributed by atoms with Crippen LogP contribution in [0.15, 0.2) is 21.5 Å². The van der Waals surface area contributed by atoms with Gasteiger partial charge in [-0.3, -0.25) is 0 Å². The summed E-state index contributed by atoms with van der Waals surface area (Å²) in [7, 11) is -3.52. The molecule has 1 aliphatic rings. The highest BCUT2D eigenvalue weighted by molar-refractivity contribution is 9.10. The standard InChI is InChI=1S/C15H23BrN2O2S/c1-10-5-3-4-6-12(10)9-18-21(19,20)15-8-13(16)7-14(17)11(15)2/h7-8,10,12,18H,3-6,9,17H2,1-2H3. The molecule has 1 aliphatic carbocycles. The molecule has 6 heteroatoms. The van der Waals surface area contributed by atoms with Gasteiger partial charge in [0, 0.05) is 16.7 Å². The van der Waals surface area contributed by atoms with E-state index in [1.807, 2.05) is 0 Å². The molecular formula is C15H23BrN2O2S. The van der Waals surface area contributed by atoms with E-state index in [0.717, 1.165) is 6.42 Å². The summed E-state index contributed by atoms with van der Waals surface area (Å²) in [6.07, 6.45) is 4.74. The van der Waals surface area contributed by atoms with Crippen LogP contribution in [-0.4, -0.2) is 15.0 Å². The van der Waals surface area contributed by atoms with Crippen LogP contribution in [-0.2, 0) is 10.0 Å². The predicted octanol–water partition coefficient (Wildman–Crippen LogP) is 3.44. The first-order valence-electron chi connectivity index (χ1n) is 7.36. The molecule has 1 aromatic carbocycles. The number of sulfonamides is 1. The molecule has 2 rings (SSSR count). The van der Waals surface area contributed by atoms with Crippen molar-refractivity contribution in [1.29, 1.82) is 0 Å². The third-order valence-electron chi connectivity index (χ3n) is 4.48. The van der Waals surface area contributed by atoms with Crippen molar-refractivity contribution >= 4 is 31.6 Å². The Labute approximate surface area is 135 Å². The fourth-order valence-electron chi connectivity index (χ4n) is 2.94. The summed E-state index contributed by atoms with van der Waals surface area (Å²) in [5.41, 5.74) is 6.94. The van der Waals surface area contributed by atoms with E-state index in [4.69, 9.17) is 5.73 Å². The van der Waals surface area contributed by atoms with Gasteiger partial charge in [-0.25, -0.2) is 13.1 Å². The second-order valence-electron chi connectivity index (χ2n) is 5.99. The van der Waals surface area contributed by atoms with Gasteiger partial charge in [-0.05, 0) is 42.9 Å². The molecule has 118 valence electrons. The average Bonchev–Trinajstić information content (AvgIpc) is 2.42. The second kappa shape index (κ2) is 6.67. The van der Waals surface area contributed by atoms with Crippen molar-refractivity contribution in [3.05, 3.63) is 22.2 Å². The van der Waals surface area contributed by atoms with E-state index in [0.29, 0.717) is 34.1 Å². The molecule has 21 heavy (non-hydrogen) atoms. The maximum absolute atomic E-state index is 12.5. The minimum atomic E-state index is -3.52. The lowest BCUT2D eigenvalue weighted by Crippen LogP contribution is -2.33. The van der Waals surface area contributed by atoms with Gasteiger partial charge in [0.05, 0.1) is 4.90 Å². The Morgan fingerprint density at radius 2 is 2.00 bits per heavy atom. The van der Waals surface area contributed by atoms with Crippen molar-refractivity contribution in [3.63, 3.8) is 0 Å². The number of hydrogen-bond donors (Lipinski definition) is 2. The minimum absolute atomic E-state index is 0.262. The molecular weight excluding hydrogens is 352 g/mol. The molecule has 1 saturated carbocycles. The Kier molecular flexibility index (Phi) is 5.33. The fourth-order valence-corrected chi connectivity index (χ4v) is 4.96. The highest BCUT2D eigenvalue weighted by Gasteiger charge is 2.25. The summed E-state index contributed by atoms with van der Waals surface area (Å²) in [5.74, 6) is 1.01. The Balaban J connectivity index is 2.15. The average molecular weight is 375 g/mol. The van der Waals surface area contributed by atoms with Crippen LogP contribution in [0.4, 0.5) is 5.69 Å². The Morgan fingerprint density at radius 3 is 2.67 bits per heavy atom. The third-order valence-corrected chi connectivity index (χ3v) is 6.49. The Hall–Kier alpha value is -0.590. The molecule has 1 aromatic rings. The van der Waals surface area contributed by atoms with Gasteiger partial charge in [0.15, 0.2) is 0 Å². The molecule has 0 bridgehead atoms. The van der Waals surface area contributed by atoms with Gasteiger partial charge in [0.25, 0.3) is 0 Å². The molecule has 0 saturated heterocycles. The highest BCUT2D eigenvalue weighted by Crippen LogP contribution is 2.30. The number of rotatable bonds is 4. The van der Waals surface area contributed by atoms with E-state index in [1.165, 1.54) is 19.3 Å². The molecule has 1 fully saturated rings. The SMILES string of the molecule is Cc1c(N)cc(Br)cc1S(=O)(=O)NCC1CCCCC1C. The fraction of sp³-hybridized carbons (Fsp3) is 0.600. The van der Waals surface area contributed by atoms with E-state index in [2.05, 4.69) is 27.6 Å². The molecule has 0 radical (unpaired) electrons. The zero-order valence-electron chi connectivity index (χ0n) is 12.5. The van der Waals surface area contributed by atoms with Gasteiger partial charge in [-0.15, -0.1) is 0 Å². The molecule has 0 spiro atoms. The number of anilines is 1. The van der Waals surface area contributed by atoms with Crippen LogP contribution >= 0.6 is 15.9 Å². The molecule has 0 heterocycles. The summed E-state index contributed by atoms with van der Waals surface area (Å²) in [5, 5.41) is 0. The van der Waals surface area contributed by atoms with Gasteiger partial charge in [0.1, 0.15) is 0 Å². The predicted molar refractivity (Wildman–Crippen MR) is 89.6 cm³/mol. The van der Waals surface area contributed by atoms with Gasteiger partial charge in [-0.1, -0.05) is 42.1 Å². The van der Waals surface area contributed by atoms with Gasteiger partial charge in [0.2, 0.25) is 10.0 Å². The lowest BCUT2D eigenvalue weighted by atomic mass is 9.81. The summed E-state index contributed by atoms with van der Waals surface area (Å²) < 4.78 is 28.5. The summed E-state index contributed by atoms with van der Waals surface area (Å²) >= 11 is 3.30. The van der Waals surface area contributed by atoms with Crippen LogP contribution in [0.3, 0.4) is 0 Å². The van der Waals surface area contributed by atoms with Crippen LogP contribution in [0.2, 0.25) is 0 Å².